The summed E-state index contributed by atoms with van der Waals surface area (Å²) in [5.41, 5.74) is 2.45. The molecule has 0 saturated heterocycles. The third-order valence-electron chi connectivity index (χ3n) is 2.80. The number of carbonyl (C=O) groups is 2. The van der Waals surface area contributed by atoms with Crippen LogP contribution in [-0.4, -0.2) is 24.2 Å². The minimum Gasteiger partial charge on any atom is -0.323 e. The van der Waals surface area contributed by atoms with Crippen molar-refractivity contribution < 1.29 is 9.59 Å². The molecule has 2 rings (SSSR count). The predicted octanol–water partition coefficient (Wildman–Crippen LogP) is 2.54. The molecular formula is C12H12BrClN2O2. The Labute approximate surface area is 118 Å². The highest BCUT2D eigenvalue weighted by Crippen LogP contribution is 2.38. The fourth-order valence-electron chi connectivity index (χ4n) is 2.10. The minimum absolute atomic E-state index is 0.0301. The Morgan fingerprint density at radius 2 is 2.22 bits per heavy atom. The van der Waals surface area contributed by atoms with Crippen LogP contribution >= 0.6 is 27.5 Å². The van der Waals surface area contributed by atoms with Gasteiger partial charge in [0.1, 0.15) is 5.88 Å². The van der Waals surface area contributed by atoms with E-state index in [0.29, 0.717) is 12.2 Å². The molecule has 96 valence electrons. The van der Waals surface area contributed by atoms with Crippen molar-refractivity contribution in [2.45, 2.75) is 13.3 Å². The summed E-state index contributed by atoms with van der Waals surface area (Å²) in [6.07, 6.45) is 0.790. The third-order valence-corrected chi connectivity index (χ3v) is 3.50. The van der Waals surface area contributed by atoms with E-state index >= 15 is 0 Å². The molecule has 18 heavy (non-hydrogen) atoms. The summed E-state index contributed by atoms with van der Waals surface area (Å²) < 4.78 is 0.872. The number of fused-ring (bicyclic) bond motifs is 1. The Morgan fingerprint density at radius 3 is 2.83 bits per heavy atom. The van der Waals surface area contributed by atoms with E-state index in [1.807, 2.05) is 6.07 Å². The molecule has 6 heteroatoms. The Morgan fingerprint density at radius 1 is 1.50 bits per heavy atom. The number of halogens is 2. The van der Waals surface area contributed by atoms with Crippen molar-refractivity contribution in [3.8, 4) is 0 Å². The topological polar surface area (TPSA) is 49.4 Å². The predicted molar refractivity (Wildman–Crippen MR) is 75.2 cm³/mol. The molecule has 1 aliphatic rings. The molecule has 1 heterocycles. The lowest BCUT2D eigenvalue weighted by molar-refractivity contribution is -0.116. The first kappa shape index (κ1) is 13.4. The molecule has 0 aliphatic carbocycles. The molecule has 1 N–H and O–H groups in total. The van der Waals surface area contributed by atoms with Crippen molar-refractivity contribution in [1.82, 2.24) is 0 Å². The molecule has 1 aromatic rings. The summed E-state index contributed by atoms with van der Waals surface area (Å²) in [7, 11) is 0. The number of alkyl halides is 1. The zero-order chi connectivity index (χ0) is 13.3. The van der Waals surface area contributed by atoms with Gasteiger partial charge >= 0.3 is 0 Å². The van der Waals surface area contributed by atoms with Gasteiger partial charge in [0, 0.05) is 17.9 Å². The average molecular weight is 332 g/mol. The number of hydrogen-bond acceptors (Lipinski definition) is 2. The number of rotatable bonds is 2. The first-order chi connectivity index (χ1) is 8.52. The number of benzene rings is 1. The van der Waals surface area contributed by atoms with Crippen molar-refractivity contribution in [2.75, 3.05) is 22.6 Å². The maximum absolute atomic E-state index is 11.6. The molecule has 0 aromatic heterocycles. The van der Waals surface area contributed by atoms with Crippen LogP contribution in [0.1, 0.15) is 12.5 Å². The van der Waals surface area contributed by atoms with Gasteiger partial charge in [-0.1, -0.05) is 15.9 Å². The smallest absolute Gasteiger partial charge is 0.239 e. The maximum Gasteiger partial charge on any atom is 0.239 e. The summed E-state index contributed by atoms with van der Waals surface area (Å²) in [5.74, 6) is -0.425. The summed E-state index contributed by atoms with van der Waals surface area (Å²) >= 11 is 8.88. The van der Waals surface area contributed by atoms with Crippen LogP contribution in [0.25, 0.3) is 0 Å². The molecule has 0 radical (unpaired) electrons. The fourth-order valence-corrected chi connectivity index (χ4v) is 2.67. The second-order valence-electron chi connectivity index (χ2n) is 4.06. The number of carbonyl (C=O) groups excluding carboxylic acids is 2. The average Bonchev–Trinajstić information content (AvgIpc) is 2.72. The van der Waals surface area contributed by atoms with E-state index in [1.54, 1.807) is 11.0 Å². The lowest BCUT2D eigenvalue weighted by Gasteiger charge is -2.19. The van der Waals surface area contributed by atoms with Gasteiger partial charge in [-0.05, 0) is 24.1 Å². The van der Waals surface area contributed by atoms with Crippen LogP contribution in [-0.2, 0) is 16.0 Å². The Balaban J connectivity index is 2.46. The van der Waals surface area contributed by atoms with E-state index in [1.165, 1.54) is 6.92 Å². The highest BCUT2D eigenvalue weighted by Gasteiger charge is 2.26. The molecule has 0 spiro atoms. The number of hydrogen-bond donors (Lipinski definition) is 1. The second kappa shape index (κ2) is 5.28. The molecule has 4 nitrogen and oxygen atoms in total. The van der Waals surface area contributed by atoms with Crippen LogP contribution in [0.4, 0.5) is 11.4 Å². The van der Waals surface area contributed by atoms with Crippen molar-refractivity contribution in [1.29, 1.82) is 0 Å². The minimum atomic E-state index is -0.285. The monoisotopic (exact) mass is 330 g/mol. The summed E-state index contributed by atoms with van der Waals surface area (Å²) in [6, 6.07) is 3.75. The van der Waals surface area contributed by atoms with E-state index < -0.39 is 0 Å². The molecule has 0 saturated carbocycles. The largest absolute Gasteiger partial charge is 0.323 e. The van der Waals surface area contributed by atoms with Crippen molar-refractivity contribution in [3.63, 3.8) is 0 Å². The molecular weight excluding hydrogens is 320 g/mol. The summed E-state index contributed by atoms with van der Waals surface area (Å²) in [4.78, 5) is 24.7. The van der Waals surface area contributed by atoms with Crippen molar-refractivity contribution >= 4 is 50.7 Å². The number of amides is 2. The molecule has 0 fully saturated rings. The first-order valence-electron chi connectivity index (χ1n) is 5.49. The molecule has 2 amide bonds. The van der Waals surface area contributed by atoms with Gasteiger partial charge in [0.25, 0.3) is 0 Å². The number of anilines is 2. The van der Waals surface area contributed by atoms with Gasteiger partial charge in [0.05, 0.1) is 11.4 Å². The van der Waals surface area contributed by atoms with Gasteiger partial charge in [-0.3, -0.25) is 9.59 Å². The summed E-state index contributed by atoms with van der Waals surface area (Å²) in [5, 5.41) is 2.72. The van der Waals surface area contributed by atoms with Gasteiger partial charge in [-0.15, -0.1) is 11.6 Å². The van der Waals surface area contributed by atoms with E-state index in [4.69, 9.17) is 11.6 Å². The van der Waals surface area contributed by atoms with Crippen LogP contribution in [0.2, 0.25) is 0 Å². The number of nitrogens with one attached hydrogen (secondary N) is 1. The van der Waals surface area contributed by atoms with Crippen LogP contribution in [0.5, 0.6) is 0 Å². The number of nitrogens with zero attached hydrogens (tertiary/aromatic N) is 1. The molecule has 1 aliphatic heterocycles. The Hall–Kier alpha value is -1.07. The van der Waals surface area contributed by atoms with Gasteiger partial charge in [0.15, 0.2) is 0 Å². The van der Waals surface area contributed by atoms with Gasteiger partial charge in [0.2, 0.25) is 11.8 Å². The van der Waals surface area contributed by atoms with Crippen LogP contribution in [0.3, 0.4) is 0 Å². The molecule has 1 aromatic carbocycles. The zero-order valence-electron chi connectivity index (χ0n) is 9.80. The van der Waals surface area contributed by atoms with Crippen LogP contribution < -0.4 is 10.2 Å². The first-order valence-corrected chi connectivity index (χ1v) is 6.82. The summed E-state index contributed by atoms with van der Waals surface area (Å²) in [6.45, 7) is 2.16. The van der Waals surface area contributed by atoms with Gasteiger partial charge in [-0.2, -0.15) is 0 Å². The normalized spacial score (nSPS) is 13.4. The Kier molecular flexibility index (Phi) is 3.92. The van der Waals surface area contributed by atoms with Crippen molar-refractivity contribution in [2.24, 2.45) is 0 Å². The molecule has 0 unspecified atom stereocenters. The van der Waals surface area contributed by atoms with Gasteiger partial charge in [-0.25, -0.2) is 0 Å². The molecule has 0 atom stereocenters. The Bertz CT molecular complexity index is 519. The van der Waals surface area contributed by atoms with Crippen molar-refractivity contribution in [3.05, 3.63) is 22.2 Å². The lowest BCUT2D eigenvalue weighted by Crippen LogP contribution is -2.27. The van der Waals surface area contributed by atoms with E-state index in [-0.39, 0.29) is 17.7 Å². The van der Waals surface area contributed by atoms with E-state index in [2.05, 4.69) is 21.2 Å². The van der Waals surface area contributed by atoms with E-state index in [0.717, 1.165) is 22.1 Å². The standard InChI is InChI=1S/C12H12BrClN2O2/c1-7(17)16-3-2-8-4-9(13)5-10(12(8)16)15-11(18)6-14/h4-5H,2-3,6H2,1H3,(H,15,18). The highest BCUT2D eigenvalue weighted by atomic mass is 79.9. The lowest BCUT2D eigenvalue weighted by atomic mass is 10.1. The van der Waals surface area contributed by atoms with Crippen LogP contribution in [0, 0.1) is 0 Å². The van der Waals surface area contributed by atoms with E-state index in [9.17, 15) is 9.59 Å². The second-order valence-corrected chi connectivity index (χ2v) is 5.25. The maximum atomic E-state index is 11.6. The highest BCUT2D eigenvalue weighted by molar-refractivity contribution is 9.10. The fraction of sp³-hybridized carbons (Fsp3) is 0.333. The van der Waals surface area contributed by atoms with Gasteiger partial charge < -0.3 is 10.2 Å². The van der Waals surface area contributed by atoms with Crippen LogP contribution in [0.15, 0.2) is 16.6 Å². The third kappa shape index (κ3) is 2.52. The zero-order valence-corrected chi connectivity index (χ0v) is 12.1. The molecule has 0 bridgehead atoms. The SMILES string of the molecule is CC(=O)N1CCc2cc(Br)cc(NC(=O)CCl)c21. The quantitative estimate of drug-likeness (QED) is 0.847.